The largest absolute Gasteiger partial charge is 0.466 e. The van der Waals surface area contributed by atoms with E-state index in [0.717, 1.165) is 11.1 Å². The zero-order valence-corrected chi connectivity index (χ0v) is 22.2. The van der Waals surface area contributed by atoms with Gasteiger partial charge in [0.2, 0.25) is 5.91 Å². The molecule has 2 aliphatic heterocycles. The van der Waals surface area contributed by atoms with Crippen LogP contribution in [0.2, 0.25) is 0 Å². The van der Waals surface area contributed by atoms with Crippen LogP contribution < -0.4 is 5.32 Å². The Labute approximate surface area is 218 Å². The lowest BCUT2D eigenvalue weighted by Gasteiger charge is -2.33. The van der Waals surface area contributed by atoms with Crippen molar-refractivity contribution in [3.05, 3.63) is 34.9 Å². The van der Waals surface area contributed by atoms with Crippen molar-refractivity contribution in [2.45, 2.75) is 71.6 Å². The van der Waals surface area contributed by atoms with Gasteiger partial charge in [0.25, 0.3) is 5.91 Å². The van der Waals surface area contributed by atoms with Crippen LogP contribution in [0.4, 0.5) is 4.79 Å². The summed E-state index contributed by atoms with van der Waals surface area (Å²) in [6.07, 6.45) is 7.02. The molecule has 2 aliphatic rings. The van der Waals surface area contributed by atoms with Crippen molar-refractivity contribution < 1.29 is 28.7 Å². The summed E-state index contributed by atoms with van der Waals surface area (Å²) < 4.78 is 10.4. The van der Waals surface area contributed by atoms with Gasteiger partial charge in [0.15, 0.2) is 0 Å². The molecule has 0 aromatic heterocycles. The molecule has 3 rings (SSSR count). The van der Waals surface area contributed by atoms with E-state index >= 15 is 0 Å². The maximum atomic E-state index is 13.3. The Hall–Kier alpha value is -3.54. The molecule has 9 nitrogen and oxygen atoms in total. The molecule has 1 fully saturated rings. The van der Waals surface area contributed by atoms with Crippen molar-refractivity contribution in [1.29, 1.82) is 0 Å². The molecule has 0 spiro atoms. The monoisotopic (exact) mass is 511 g/mol. The van der Waals surface area contributed by atoms with Crippen LogP contribution in [-0.2, 0) is 32.0 Å². The number of hydrogen-bond donors (Lipinski definition) is 1. The average Bonchev–Trinajstić information content (AvgIpc) is 2.86. The topological polar surface area (TPSA) is 105 Å². The van der Waals surface area contributed by atoms with Gasteiger partial charge in [-0.2, -0.15) is 0 Å². The Balaban J connectivity index is 1.60. The van der Waals surface area contributed by atoms with Crippen molar-refractivity contribution in [2.24, 2.45) is 5.92 Å². The van der Waals surface area contributed by atoms with Gasteiger partial charge in [0.05, 0.1) is 18.9 Å². The summed E-state index contributed by atoms with van der Waals surface area (Å²) in [4.78, 5) is 53.7. The number of amides is 3. The third kappa shape index (κ3) is 7.72. The van der Waals surface area contributed by atoms with E-state index < -0.39 is 23.5 Å². The van der Waals surface area contributed by atoms with Crippen LogP contribution in [0.15, 0.2) is 18.2 Å². The minimum Gasteiger partial charge on any atom is -0.466 e. The predicted octanol–water partition coefficient (Wildman–Crippen LogP) is 2.90. The highest BCUT2D eigenvalue weighted by molar-refractivity contribution is 5.95. The number of esters is 1. The number of ether oxygens (including phenoxy) is 2. The third-order valence-electron chi connectivity index (χ3n) is 6.39. The number of hydrogen-bond acceptors (Lipinski definition) is 6. The molecule has 200 valence electrons. The molecule has 3 amide bonds. The smallest absolute Gasteiger partial charge is 0.410 e. The van der Waals surface area contributed by atoms with Crippen molar-refractivity contribution in [2.75, 3.05) is 26.2 Å². The van der Waals surface area contributed by atoms with E-state index in [0.29, 0.717) is 44.5 Å². The van der Waals surface area contributed by atoms with Crippen LogP contribution in [0.5, 0.6) is 0 Å². The Kier molecular flexibility index (Phi) is 9.19. The van der Waals surface area contributed by atoms with E-state index in [1.807, 2.05) is 32.9 Å². The maximum absolute atomic E-state index is 13.3. The van der Waals surface area contributed by atoms with Gasteiger partial charge in [-0.3, -0.25) is 14.4 Å². The van der Waals surface area contributed by atoms with Crippen molar-refractivity contribution in [3.8, 4) is 12.3 Å². The number of likely N-dealkylation sites (tertiary alicyclic amines) is 1. The van der Waals surface area contributed by atoms with Crippen LogP contribution in [-0.4, -0.2) is 71.6 Å². The standard InChI is InChI=1S/C28H37N3O6/c1-6-23(16-24(32)36-7-2)29-25(33)22-9-8-13-30(18-22)26(34)20-10-11-21-17-31(14-12-19(21)15-20)27(35)37-28(3,4)5/h1,10-11,15,22-23H,7-9,12-14,16-18H2,2-5H3,(H,29,33)/t22-,23-/m1/s1. The summed E-state index contributed by atoms with van der Waals surface area (Å²) in [7, 11) is 0. The molecule has 0 saturated carbocycles. The molecule has 1 N–H and O–H groups in total. The molecule has 0 bridgehead atoms. The zero-order valence-electron chi connectivity index (χ0n) is 22.2. The molecule has 1 aromatic rings. The molecule has 9 heteroatoms. The van der Waals surface area contributed by atoms with Crippen LogP contribution in [0.25, 0.3) is 0 Å². The van der Waals surface area contributed by atoms with Gasteiger partial charge in [-0.25, -0.2) is 4.79 Å². The second-order valence-corrected chi connectivity index (χ2v) is 10.5. The van der Waals surface area contributed by atoms with Gasteiger partial charge in [0.1, 0.15) is 11.6 Å². The van der Waals surface area contributed by atoms with Crippen molar-refractivity contribution in [3.63, 3.8) is 0 Å². The van der Waals surface area contributed by atoms with Gasteiger partial charge in [-0.15, -0.1) is 6.42 Å². The van der Waals surface area contributed by atoms with Crippen LogP contribution >= 0.6 is 0 Å². The summed E-state index contributed by atoms with van der Waals surface area (Å²) in [6.45, 7) is 9.27. The molecule has 0 aliphatic carbocycles. The summed E-state index contributed by atoms with van der Waals surface area (Å²) in [5.41, 5.74) is 2.04. The minimum absolute atomic E-state index is 0.0913. The number of fused-ring (bicyclic) bond motifs is 1. The number of rotatable bonds is 6. The van der Waals surface area contributed by atoms with E-state index in [-0.39, 0.29) is 37.5 Å². The lowest BCUT2D eigenvalue weighted by Crippen LogP contribution is -2.47. The van der Waals surface area contributed by atoms with Crippen molar-refractivity contribution in [1.82, 2.24) is 15.1 Å². The van der Waals surface area contributed by atoms with Crippen LogP contribution in [0.1, 0.15) is 68.4 Å². The summed E-state index contributed by atoms with van der Waals surface area (Å²) in [6, 6.07) is 4.80. The van der Waals surface area contributed by atoms with Gasteiger partial charge < -0.3 is 24.6 Å². The first kappa shape index (κ1) is 28.0. The molecule has 37 heavy (non-hydrogen) atoms. The van der Waals surface area contributed by atoms with E-state index in [1.54, 1.807) is 22.8 Å². The Morgan fingerprint density at radius 3 is 2.59 bits per heavy atom. The van der Waals surface area contributed by atoms with E-state index in [2.05, 4.69) is 11.2 Å². The first-order valence-electron chi connectivity index (χ1n) is 12.8. The first-order chi connectivity index (χ1) is 17.5. The SMILES string of the molecule is C#C[C@H](CC(=O)OCC)NC(=O)[C@@H]1CCCN(C(=O)c2ccc3c(c2)CCN(C(=O)OC(C)(C)C)C3)C1. The first-order valence-corrected chi connectivity index (χ1v) is 12.8. The quantitative estimate of drug-likeness (QED) is 0.465. The third-order valence-corrected chi connectivity index (χ3v) is 6.39. The van der Waals surface area contributed by atoms with E-state index in [9.17, 15) is 19.2 Å². The Morgan fingerprint density at radius 1 is 1.16 bits per heavy atom. The Bertz CT molecular complexity index is 1070. The van der Waals surface area contributed by atoms with E-state index in [4.69, 9.17) is 15.9 Å². The predicted molar refractivity (Wildman–Crippen MR) is 137 cm³/mol. The van der Waals surface area contributed by atoms with Gasteiger partial charge in [0, 0.05) is 31.7 Å². The molecule has 2 heterocycles. The second-order valence-electron chi connectivity index (χ2n) is 10.5. The van der Waals surface area contributed by atoms with Gasteiger partial charge >= 0.3 is 12.1 Å². The Morgan fingerprint density at radius 2 is 1.92 bits per heavy atom. The van der Waals surface area contributed by atoms with Crippen molar-refractivity contribution >= 4 is 23.9 Å². The molecule has 0 radical (unpaired) electrons. The fourth-order valence-electron chi connectivity index (χ4n) is 4.55. The number of benzene rings is 1. The fraction of sp³-hybridized carbons (Fsp3) is 0.571. The highest BCUT2D eigenvalue weighted by Crippen LogP contribution is 2.25. The number of piperidine rings is 1. The summed E-state index contributed by atoms with van der Waals surface area (Å²) in [5.74, 6) is 1.16. The van der Waals surface area contributed by atoms with Crippen LogP contribution in [0.3, 0.4) is 0 Å². The molecular formula is C28H37N3O6. The van der Waals surface area contributed by atoms with Crippen LogP contribution in [0, 0.1) is 18.3 Å². The lowest BCUT2D eigenvalue weighted by atomic mass is 9.94. The number of nitrogens with zero attached hydrogens (tertiary/aromatic N) is 2. The molecule has 2 atom stereocenters. The van der Waals surface area contributed by atoms with Gasteiger partial charge in [-0.1, -0.05) is 12.0 Å². The number of carbonyl (C=O) groups excluding carboxylic acids is 4. The van der Waals surface area contributed by atoms with E-state index in [1.165, 1.54) is 0 Å². The molecule has 0 unspecified atom stereocenters. The molecule has 1 saturated heterocycles. The normalized spacial score (nSPS) is 18.2. The fourth-order valence-corrected chi connectivity index (χ4v) is 4.55. The molecule has 1 aromatic carbocycles. The number of carbonyl (C=O) groups is 4. The number of nitrogens with one attached hydrogen (secondary N) is 1. The zero-order chi connectivity index (χ0) is 27.2. The minimum atomic E-state index is -0.751. The summed E-state index contributed by atoms with van der Waals surface area (Å²) in [5, 5.41) is 2.74. The highest BCUT2D eigenvalue weighted by atomic mass is 16.6. The summed E-state index contributed by atoms with van der Waals surface area (Å²) >= 11 is 0. The average molecular weight is 512 g/mol. The highest BCUT2D eigenvalue weighted by Gasteiger charge is 2.31. The maximum Gasteiger partial charge on any atom is 0.410 e. The molecular weight excluding hydrogens is 474 g/mol. The number of terminal acetylenes is 1. The second kappa shape index (κ2) is 12.1. The lowest BCUT2D eigenvalue weighted by molar-refractivity contribution is -0.143. The van der Waals surface area contributed by atoms with Gasteiger partial charge in [-0.05, 0) is 70.2 Å².